The van der Waals surface area contributed by atoms with Crippen LogP contribution in [0.1, 0.15) is 11.1 Å². The van der Waals surface area contributed by atoms with E-state index < -0.39 is 11.6 Å². The summed E-state index contributed by atoms with van der Waals surface area (Å²) in [5, 5.41) is 0. The maximum atomic E-state index is 13.4. The second-order valence-electron chi connectivity index (χ2n) is 4.49. The Morgan fingerprint density at radius 2 is 1.58 bits per heavy atom. The van der Waals surface area contributed by atoms with E-state index in [1.54, 1.807) is 12.2 Å². The molecule has 3 heteroatoms. The summed E-state index contributed by atoms with van der Waals surface area (Å²) in [6, 6.07) is 11.2. The standard InChI is InChI=1S/C16H15F2N/c1-19(2)15-8-4-12(5-9-15)3-6-13-11-14(17)7-10-16(13)18/h3-11H,1-2H3. The van der Waals surface area contributed by atoms with Crippen molar-refractivity contribution in [2.24, 2.45) is 0 Å². The predicted molar refractivity (Wildman–Crippen MR) is 76.1 cm³/mol. The highest BCUT2D eigenvalue weighted by Gasteiger charge is 2.00. The number of anilines is 1. The lowest BCUT2D eigenvalue weighted by Gasteiger charge is -2.11. The van der Waals surface area contributed by atoms with E-state index in [0.29, 0.717) is 0 Å². The van der Waals surface area contributed by atoms with Gasteiger partial charge in [0.1, 0.15) is 11.6 Å². The molecule has 0 aliphatic carbocycles. The van der Waals surface area contributed by atoms with E-state index in [4.69, 9.17) is 0 Å². The first-order valence-electron chi connectivity index (χ1n) is 5.97. The van der Waals surface area contributed by atoms with Crippen LogP contribution in [0.4, 0.5) is 14.5 Å². The lowest BCUT2D eigenvalue weighted by atomic mass is 10.1. The molecule has 0 spiro atoms. The molecule has 0 aromatic heterocycles. The van der Waals surface area contributed by atoms with E-state index in [9.17, 15) is 8.78 Å². The van der Waals surface area contributed by atoms with E-state index in [-0.39, 0.29) is 5.56 Å². The summed E-state index contributed by atoms with van der Waals surface area (Å²) >= 11 is 0. The highest BCUT2D eigenvalue weighted by atomic mass is 19.1. The van der Waals surface area contributed by atoms with Gasteiger partial charge in [-0.2, -0.15) is 0 Å². The third-order valence-corrected chi connectivity index (χ3v) is 2.82. The molecule has 0 aliphatic heterocycles. The zero-order valence-corrected chi connectivity index (χ0v) is 10.9. The van der Waals surface area contributed by atoms with Crippen molar-refractivity contribution in [3.63, 3.8) is 0 Å². The number of benzene rings is 2. The Morgan fingerprint density at radius 1 is 0.895 bits per heavy atom. The summed E-state index contributed by atoms with van der Waals surface area (Å²) in [5.41, 5.74) is 2.28. The molecule has 0 unspecified atom stereocenters. The second kappa shape index (κ2) is 5.65. The topological polar surface area (TPSA) is 3.24 Å². The number of rotatable bonds is 3. The van der Waals surface area contributed by atoms with Crippen LogP contribution in [0.15, 0.2) is 42.5 Å². The zero-order chi connectivity index (χ0) is 13.8. The lowest BCUT2D eigenvalue weighted by Crippen LogP contribution is -2.07. The molecule has 0 atom stereocenters. The van der Waals surface area contributed by atoms with Gasteiger partial charge in [0.15, 0.2) is 0 Å². The third-order valence-electron chi connectivity index (χ3n) is 2.82. The minimum absolute atomic E-state index is 0.247. The van der Waals surface area contributed by atoms with Gasteiger partial charge in [-0.05, 0) is 35.9 Å². The molecule has 0 heterocycles. The van der Waals surface area contributed by atoms with Crippen molar-refractivity contribution < 1.29 is 8.78 Å². The number of nitrogens with zero attached hydrogens (tertiary/aromatic N) is 1. The highest BCUT2D eigenvalue weighted by Crippen LogP contribution is 2.16. The molecule has 2 rings (SSSR count). The molecule has 0 saturated heterocycles. The van der Waals surface area contributed by atoms with Crippen molar-refractivity contribution >= 4 is 17.8 Å². The Balaban J connectivity index is 2.20. The first kappa shape index (κ1) is 13.3. The minimum atomic E-state index is -0.441. The SMILES string of the molecule is CN(C)c1ccc(C=Cc2cc(F)ccc2F)cc1. The Hall–Kier alpha value is -2.16. The summed E-state index contributed by atoms with van der Waals surface area (Å²) in [4.78, 5) is 2.00. The Bertz CT molecular complexity index is 586. The summed E-state index contributed by atoms with van der Waals surface area (Å²) in [6.07, 6.45) is 3.33. The van der Waals surface area contributed by atoms with Gasteiger partial charge in [0, 0.05) is 25.3 Å². The maximum absolute atomic E-state index is 13.4. The van der Waals surface area contributed by atoms with Crippen LogP contribution in [-0.4, -0.2) is 14.1 Å². The van der Waals surface area contributed by atoms with Crippen molar-refractivity contribution in [3.05, 3.63) is 65.2 Å². The maximum Gasteiger partial charge on any atom is 0.130 e. The van der Waals surface area contributed by atoms with Crippen LogP contribution < -0.4 is 4.90 Å². The fourth-order valence-electron chi connectivity index (χ4n) is 1.71. The van der Waals surface area contributed by atoms with E-state index in [2.05, 4.69) is 0 Å². The van der Waals surface area contributed by atoms with Crippen molar-refractivity contribution in [2.45, 2.75) is 0 Å². The van der Waals surface area contributed by atoms with Crippen LogP contribution in [0, 0.1) is 11.6 Å². The van der Waals surface area contributed by atoms with Gasteiger partial charge in [0.25, 0.3) is 0 Å². The fourth-order valence-corrected chi connectivity index (χ4v) is 1.71. The smallest absolute Gasteiger partial charge is 0.130 e. The van der Waals surface area contributed by atoms with Crippen LogP contribution in [0.25, 0.3) is 12.2 Å². The van der Waals surface area contributed by atoms with Gasteiger partial charge in [-0.25, -0.2) is 8.78 Å². The minimum Gasteiger partial charge on any atom is -0.378 e. The molecule has 98 valence electrons. The van der Waals surface area contributed by atoms with E-state index in [0.717, 1.165) is 23.4 Å². The van der Waals surface area contributed by atoms with Crippen LogP contribution >= 0.6 is 0 Å². The predicted octanol–water partition coefficient (Wildman–Crippen LogP) is 4.20. The second-order valence-corrected chi connectivity index (χ2v) is 4.49. The summed E-state index contributed by atoms with van der Waals surface area (Å²) < 4.78 is 26.4. The van der Waals surface area contributed by atoms with Gasteiger partial charge in [-0.3, -0.25) is 0 Å². The summed E-state index contributed by atoms with van der Waals surface area (Å²) in [5.74, 6) is -0.869. The number of halogens is 2. The average Bonchev–Trinajstić information content (AvgIpc) is 2.40. The quantitative estimate of drug-likeness (QED) is 0.747. The average molecular weight is 259 g/mol. The van der Waals surface area contributed by atoms with Crippen LogP contribution in [-0.2, 0) is 0 Å². The molecule has 0 amide bonds. The third kappa shape index (κ3) is 3.41. The van der Waals surface area contributed by atoms with Crippen LogP contribution in [0.5, 0.6) is 0 Å². The molecule has 2 aromatic carbocycles. The van der Waals surface area contributed by atoms with E-state index >= 15 is 0 Å². The lowest BCUT2D eigenvalue weighted by molar-refractivity contribution is 0.598. The normalized spacial score (nSPS) is 10.9. The molecule has 1 nitrogen and oxygen atoms in total. The highest BCUT2D eigenvalue weighted by molar-refractivity contribution is 5.70. The molecule has 19 heavy (non-hydrogen) atoms. The summed E-state index contributed by atoms with van der Waals surface area (Å²) in [6.45, 7) is 0. The van der Waals surface area contributed by atoms with Gasteiger partial charge in [-0.1, -0.05) is 24.3 Å². The van der Waals surface area contributed by atoms with Crippen molar-refractivity contribution in [1.29, 1.82) is 0 Å². The molecule has 2 aromatic rings. The Morgan fingerprint density at radius 3 is 2.21 bits per heavy atom. The Kier molecular flexibility index (Phi) is 3.95. The molecular formula is C16H15F2N. The first-order valence-corrected chi connectivity index (χ1v) is 5.97. The molecule has 0 bridgehead atoms. The van der Waals surface area contributed by atoms with E-state index in [1.807, 2.05) is 43.3 Å². The van der Waals surface area contributed by atoms with Gasteiger partial charge >= 0.3 is 0 Å². The van der Waals surface area contributed by atoms with Crippen LogP contribution in [0.3, 0.4) is 0 Å². The molecule has 0 saturated carbocycles. The van der Waals surface area contributed by atoms with E-state index in [1.165, 1.54) is 6.07 Å². The zero-order valence-electron chi connectivity index (χ0n) is 10.9. The first-order chi connectivity index (χ1) is 9.06. The van der Waals surface area contributed by atoms with Crippen molar-refractivity contribution in [1.82, 2.24) is 0 Å². The van der Waals surface area contributed by atoms with Crippen molar-refractivity contribution in [2.75, 3.05) is 19.0 Å². The number of hydrogen-bond donors (Lipinski definition) is 0. The monoisotopic (exact) mass is 259 g/mol. The molecule has 0 fully saturated rings. The molecule has 0 N–H and O–H groups in total. The molecule has 0 radical (unpaired) electrons. The van der Waals surface area contributed by atoms with Crippen molar-refractivity contribution in [3.8, 4) is 0 Å². The molecular weight excluding hydrogens is 244 g/mol. The van der Waals surface area contributed by atoms with Crippen LogP contribution in [0.2, 0.25) is 0 Å². The van der Waals surface area contributed by atoms with Gasteiger partial charge < -0.3 is 4.90 Å². The fraction of sp³-hybridized carbons (Fsp3) is 0.125. The largest absolute Gasteiger partial charge is 0.378 e. The number of hydrogen-bond acceptors (Lipinski definition) is 1. The Labute approximate surface area is 111 Å². The van der Waals surface area contributed by atoms with Gasteiger partial charge in [0.05, 0.1) is 0 Å². The van der Waals surface area contributed by atoms with Gasteiger partial charge in [-0.15, -0.1) is 0 Å². The summed E-state index contributed by atoms with van der Waals surface area (Å²) in [7, 11) is 3.93. The molecule has 0 aliphatic rings. The van der Waals surface area contributed by atoms with Gasteiger partial charge in [0.2, 0.25) is 0 Å².